The normalized spacial score (nSPS) is 10.6. The Labute approximate surface area is 103 Å². The number of carbonyl (C=O) groups is 1. The monoisotopic (exact) mass is 235 g/mol. The maximum absolute atomic E-state index is 12.0. The number of hydrogen-bond donors (Lipinski definition) is 1. The third-order valence-corrected chi connectivity index (χ3v) is 2.75. The summed E-state index contributed by atoms with van der Waals surface area (Å²) >= 11 is 0. The highest BCUT2D eigenvalue weighted by Gasteiger charge is 2.15. The van der Waals surface area contributed by atoms with Crippen LogP contribution in [0.4, 0.5) is 0 Å². The van der Waals surface area contributed by atoms with Crippen LogP contribution in [0.2, 0.25) is 0 Å². The van der Waals surface area contributed by atoms with Crippen molar-refractivity contribution in [1.82, 2.24) is 4.90 Å². The van der Waals surface area contributed by atoms with Crippen molar-refractivity contribution in [3.05, 3.63) is 35.9 Å². The third kappa shape index (κ3) is 4.57. The molecule has 94 valence electrons. The highest BCUT2D eigenvalue weighted by molar-refractivity contribution is 5.76. The lowest BCUT2D eigenvalue weighted by Gasteiger charge is -2.26. The van der Waals surface area contributed by atoms with Crippen LogP contribution >= 0.6 is 0 Å². The number of aliphatic hydroxyl groups is 1. The predicted octanol–water partition coefficient (Wildman–Crippen LogP) is 1.85. The van der Waals surface area contributed by atoms with Crippen LogP contribution < -0.4 is 0 Å². The first kappa shape index (κ1) is 13.7. The first-order valence-electron chi connectivity index (χ1n) is 6.09. The van der Waals surface area contributed by atoms with Gasteiger partial charge in [0.2, 0.25) is 5.91 Å². The van der Waals surface area contributed by atoms with Crippen LogP contribution in [0, 0.1) is 0 Å². The van der Waals surface area contributed by atoms with Crippen molar-refractivity contribution in [3.63, 3.8) is 0 Å². The number of aryl methyl sites for hydroxylation is 1. The molecule has 3 nitrogen and oxygen atoms in total. The Hall–Kier alpha value is -1.35. The lowest BCUT2D eigenvalue weighted by molar-refractivity contribution is -0.133. The van der Waals surface area contributed by atoms with Gasteiger partial charge in [0, 0.05) is 19.0 Å². The molecule has 0 unspecified atom stereocenters. The van der Waals surface area contributed by atoms with E-state index in [0.717, 1.165) is 6.42 Å². The SMILES string of the molecule is CC(C)N(CCO)C(=O)CCc1ccccc1. The minimum absolute atomic E-state index is 0.0231. The zero-order valence-electron chi connectivity index (χ0n) is 10.6. The van der Waals surface area contributed by atoms with Crippen molar-refractivity contribution >= 4 is 5.91 Å². The Morgan fingerprint density at radius 3 is 2.47 bits per heavy atom. The summed E-state index contributed by atoms with van der Waals surface area (Å²) in [5.74, 6) is 0.109. The maximum Gasteiger partial charge on any atom is 0.223 e. The number of benzene rings is 1. The fourth-order valence-corrected chi connectivity index (χ4v) is 1.82. The molecule has 0 atom stereocenters. The van der Waals surface area contributed by atoms with Gasteiger partial charge in [-0.25, -0.2) is 0 Å². The second-order valence-electron chi connectivity index (χ2n) is 4.39. The lowest BCUT2D eigenvalue weighted by Crippen LogP contribution is -2.39. The topological polar surface area (TPSA) is 40.5 Å². The van der Waals surface area contributed by atoms with Gasteiger partial charge < -0.3 is 10.0 Å². The van der Waals surface area contributed by atoms with Crippen LogP contribution in [0.5, 0.6) is 0 Å². The van der Waals surface area contributed by atoms with E-state index in [4.69, 9.17) is 5.11 Å². The molecule has 0 aliphatic heterocycles. The molecule has 0 aliphatic rings. The standard InChI is InChI=1S/C14H21NO2/c1-12(2)15(10-11-16)14(17)9-8-13-6-4-3-5-7-13/h3-7,12,16H,8-11H2,1-2H3. The number of aliphatic hydroxyl groups excluding tert-OH is 1. The minimum atomic E-state index is 0.0231. The summed E-state index contributed by atoms with van der Waals surface area (Å²) in [7, 11) is 0. The summed E-state index contributed by atoms with van der Waals surface area (Å²) < 4.78 is 0. The van der Waals surface area contributed by atoms with Gasteiger partial charge in [-0.15, -0.1) is 0 Å². The first-order valence-corrected chi connectivity index (χ1v) is 6.09. The first-order chi connectivity index (χ1) is 8.15. The van der Waals surface area contributed by atoms with Crippen molar-refractivity contribution in [1.29, 1.82) is 0 Å². The quantitative estimate of drug-likeness (QED) is 0.817. The molecule has 0 heterocycles. The molecule has 1 aromatic carbocycles. The third-order valence-electron chi connectivity index (χ3n) is 2.75. The summed E-state index contributed by atoms with van der Waals surface area (Å²) in [6.45, 7) is 4.38. The van der Waals surface area contributed by atoms with Gasteiger partial charge in [-0.1, -0.05) is 30.3 Å². The van der Waals surface area contributed by atoms with Gasteiger partial charge in [0.1, 0.15) is 0 Å². The van der Waals surface area contributed by atoms with E-state index in [-0.39, 0.29) is 18.6 Å². The van der Waals surface area contributed by atoms with E-state index < -0.39 is 0 Å². The second kappa shape index (κ2) is 7.07. The zero-order valence-corrected chi connectivity index (χ0v) is 10.6. The molecule has 0 spiro atoms. The Morgan fingerprint density at radius 2 is 1.94 bits per heavy atom. The summed E-state index contributed by atoms with van der Waals surface area (Å²) in [6, 6.07) is 10.1. The van der Waals surface area contributed by atoms with Crippen LogP contribution in [0.15, 0.2) is 30.3 Å². The Bertz CT molecular complexity index is 335. The van der Waals surface area contributed by atoms with Crippen LogP contribution in [0.3, 0.4) is 0 Å². The van der Waals surface area contributed by atoms with Crippen molar-refractivity contribution in [2.75, 3.05) is 13.2 Å². The maximum atomic E-state index is 12.0. The zero-order chi connectivity index (χ0) is 12.7. The van der Waals surface area contributed by atoms with Crippen LogP contribution in [-0.4, -0.2) is 35.1 Å². The summed E-state index contributed by atoms with van der Waals surface area (Å²) in [6.07, 6.45) is 1.26. The largest absolute Gasteiger partial charge is 0.395 e. The number of nitrogens with zero attached hydrogens (tertiary/aromatic N) is 1. The number of carbonyl (C=O) groups excluding carboxylic acids is 1. The van der Waals surface area contributed by atoms with E-state index in [0.29, 0.717) is 13.0 Å². The van der Waals surface area contributed by atoms with Gasteiger partial charge in [0.05, 0.1) is 6.61 Å². The van der Waals surface area contributed by atoms with Gasteiger partial charge in [0.15, 0.2) is 0 Å². The molecule has 1 aromatic rings. The van der Waals surface area contributed by atoms with Crippen molar-refractivity contribution in [2.24, 2.45) is 0 Å². The van der Waals surface area contributed by atoms with Crippen LogP contribution in [0.25, 0.3) is 0 Å². The minimum Gasteiger partial charge on any atom is -0.395 e. The molecule has 3 heteroatoms. The average molecular weight is 235 g/mol. The molecule has 1 amide bonds. The highest BCUT2D eigenvalue weighted by atomic mass is 16.3. The van der Waals surface area contributed by atoms with Crippen molar-refractivity contribution in [3.8, 4) is 0 Å². The molecule has 0 saturated carbocycles. The number of amides is 1. The number of rotatable bonds is 6. The highest BCUT2D eigenvalue weighted by Crippen LogP contribution is 2.07. The van der Waals surface area contributed by atoms with Gasteiger partial charge >= 0.3 is 0 Å². The van der Waals surface area contributed by atoms with Crippen molar-refractivity contribution in [2.45, 2.75) is 32.7 Å². The van der Waals surface area contributed by atoms with Gasteiger partial charge in [-0.2, -0.15) is 0 Å². The summed E-state index contributed by atoms with van der Waals surface area (Å²) in [5.41, 5.74) is 1.17. The van der Waals surface area contributed by atoms with Crippen molar-refractivity contribution < 1.29 is 9.90 Å². The molecule has 17 heavy (non-hydrogen) atoms. The summed E-state index contributed by atoms with van der Waals surface area (Å²) in [4.78, 5) is 13.7. The van der Waals surface area contributed by atoms with Crippen LogP contribution in [-0.2, 0) is 11.2 Å². The Kier molecular flexibility index (Phi) is 5.70. The molecule has 0 saturated heterocycles. The van der Waals surface area contributed by atoms with Crippen LogP contribution in [0.1, 0.15) is 25.8 Å². The molecule has 0 aromatic heterocycles. The van der Waals surface area contributed by atoms with E-state index in [2.05, 4.69) is 0 Å². The lowest BCUT2D eigenvalue weighted by atomic mass is 10.1. The smallest absolute Gasteiger partial charge is 0.223 e. The predicted molar refractivity (Wildman–Crippen MR) is 68.7 cm³/mol. The fraction of sp³-hybridized carbons (Fsp3) is 0.500. The molecular weight excluding hydrogens is 214 g/mol. The molecule has 1 rings (SSSR count). The van der Waals surface area contributed by atoms with E-state index in [1.54, 1.807) is 4.90 Å². The van der Waals surface area contributed by atoms with Gasteiger partial charge in [-0.05, 0) is 25.8 Å². The van der Waals surface area contributed by atoms with Gasteiger partial charge in [-0.3, -0.25) is 4.79 Å². The average Bonchev–Trinajstić information content (AvgIpc) is 2.34. The molecule has 0 bridgehead atoms. The molecule has 1 N–H and O–H groups in total. The fourth-order valence-electron chi connectivity index (χ4n) is 1.82. The van der Waals surface area contributed by atoms with Gasteiger partial charge in [0.25, 0.3) is 0 Å². The Balaban J connectivity index is 2.47. The van der Waals surface area contributed by atoms with E-state index >= 15 is 0 Å². The molecule has 0 radical (unpaired) electrons. The second-order valence-corrected chi connectivity index (χ2v) is 4.39. The van der Waals surface area contributed by atoms with E-state index in [1.165, 1.54) is 5.56 Å². The van der Waals surface area contributed by atoms with E-state index in [1.807, 2.05) is 44.2 Å². The molecule has 0 fully saturated rings. The van der Waals surface area contributed by atoms with E-state index in [9.17, 15) is 4.79 Å². The molecule has 0 aliphatic carbocycles. The Morgan fingerprint density at radius 1 is 1.29 bits per heavy atom. The summed E-state index contributed by atoms with van der Waals surface area (Å²) in [5, 5.41) is 8.93. The molecular formula is C14H21NO2. The number of hydrogen-bond acceptors (Lipinski definition) is 2.